The normalized spacial score (nSPS) is 15.6. The van der Waals surface area contributed by atoms with Crippen molar-refractivity contribution in [2.24, 2.45) is 11.8 Å². The Balaban J connectivity index is 1.87. The predicted octanol–water partition coefficient (Wildman–Crippen LogP) is 5.62. The molecule has 2 unspecified atom stereocenters. The van der Waals surface area contributed by atoms with Gasteiger partial charge in [-0.1, -0.05) is 25.1 Å². The molecule has 1 fully saturated rings. The van der Waals surface area contributed by atoms with E-state index in [4.69, 9.17) is 0 Å². The van der Waals surface area contributed by atoms with E-state index in [0.717, 1.165) is 41.8 Å². The SMILES string of the molecule is Cc1cccc(C)c1N(C)C(=O)C(C)C(CN(C)C)C(=O)Nc1cc(C2CC2)cc(C(F)(F)F)c1. The first kappa shape index (κ1) is 26.7. The van der Waals surface area contributed by atoms with Gasteiger partial charge in [0.15, 0.2) is 0 Å². The molecule has 1 N–H and O–H groups in total. The van der Waals surface area contributed by atoms with Crippen LogP contribution >= 0.6 is 0 Å². The van der Waals surface area contributed by atoms with Gasteiger partial charge in [-0.2, -0.15) is 13.2 Å². The largest absolute Gasteiger partial charge is 0.416 e. The van der Waals surface area contributed by atoms with Crippen LogP contribution in [0.25, 0.3) is 0 Å². The number of aryl methyl sites for hydroxylation is 2. The lowest BCUT2D eigenvalue weighted by molar-refractivity contribution is -0.137. The molecule has 5 nitrogen and oxygen atoms in total. The molecule has 1 aliphatic rings. The summed E-state index contributed by atoms with van der Waals surface area (Å²) in [5.41, 5.74) is 2.59. The molecule has 1 aliphatic carbocycles. The number of rotatable bonds is 8. The maximum absolute atomic E-state index is 13.5. The molecule has 1 saturated carbocycles. The molecule has 2 aromatic rings. The number of para-hydroxylation sites is 1. The molecule has 8 heteroatoms. The van der Waals surface area contributed by atoms with E-state index in [9.17, 15) is 22.8 Å². The summed E-state index contributed by atoms with van der Waals surface area (Å²) in [6.07, 6.45) is -2.83. The molecule has 35 heavy (non-hydrogen) atoms. The fraction of sp³-hybridized carbons (Fsp3) is 0.481. The van der Waals surface area contributed by atoms with Crippen molar-refractivity contribution in [1.82, 2.24) is 4.90 Å². The Kier molecular flexibility index (Phi) is 7.94. The molecule has 190 valence electrons. The summed E-state index contributed by atoms with van der Waals surface area (Å²) in [6, 6.07) is 9.51. The van der Waals surface area contributed by atoms with Gasteiger partial charge >= 0.3 is 6.18 Å². The molecule has 0 spiro atoms. The van der Waals surface area contributed by atoms with Gasteiger partial charge in [0.2, 0.25) is 11.8 Å². The quantitative estimate of drug-likeness (QED) is 0.524. The summed E-state index contributed by atoms with van der Waals surface area (Å²) >= 11 is 0. The third-order valence-electron chi connectivity index (χ3n) is 6.60. The van der Waals surface area contributed by atoms with Crippen LogP contribution in [0.15, 0.2) is 36.4 Å². The zero-order valence-corrected chi connectivity index (χ0v) is 21.2. The van der Waals surface area contributed by atoms with Crippen LogP contribution in [-0.2, 0) is 15.8 Å². The zero-order valence-electron chi connectivity index (χ0n) is 21.2. The highest BCUT2D eigenvalue weighted by Gasteiger charge is 2.36. The summed E-state index contributed by atoms with van der Waals surface area (Å²) in [5, 5.41) is 2.68. The molecule has 0 heterocycles. The summed E-state index contributed by atoms with van der Waals surface area (Å²) in [7, 11) is 5.28. The number of halogens is 3. The van der Waals surface area contributed by atoms with Gasteiger partial charge in [0, 0.05) is 30.9 Å². The van der Waals surface area contributed by atoms with Crippen molar-refractivity contribution >= 4 is 23.2 Å². The van der Waals surface area contributed by atoms with Crippen LogP contribution in [0.3, 0.4) is 0 Å². The third-order valence-corrected chi connectivity index (χ3v) is 6.60. The van der Waals surface area contributed by atoms with Gasteiger partial charge in [0.05, 0.1) is 11.5 Å². The number of amides is 2. The Morgan fingerprint density at radius 1 is 1.06 bits per heavy atom. The monoisotopic (exact) mass is 489 g/mol. The van der Waals surface area contributed by atoms with Crippen LogP contribution in [0.2, 0.25) is 0 Å². The number of nitrogens with zero attached hydrogens (tertiary/aromatic N) is 2. The molecular formula is C27H34F3N3O2. The van der Waals surface area contributed by atoms with Crippen LogP contribution in [-0.4, -0.2) is 44.4 Å². The van der Waals surface area contributed by atoms with Gasteiger partial charge < -0.3 is 15.1 Å². The van der Waals surface area contributed by atoms with E-state index in [0.29, 0.717) is 5.56 Å². The predicted molar refractivity (Wildman–Crippen MR) is 133 cm³/mol. The van der Waals surface area contributed by atoms with E-state index in [1.54, 1.807) is 43.9 Å². The molecular weight excluding hydrogens is 455 g/mol. The molecule has 2 amide bonds. The van der Waals surface area contributed by atoms with Gasteiger partial charge in [-0.15, -0.1) is 0 Å². The third kappa shape index (κ3) is 6.42. The van der Waals surface area contributed by atoms with Gasteiger partial charge in [0.25, 0.3) is 0 Å². The second-order valence-corrected chi connectivity index (χ2v) is 9.90. The molecule has 0 aromatic heterocycles. The topological polar surface area (TPSA) is 52.7 Å². The second-order valence-electron chi connectivity index (χ2n) is 9.90. The van der Waals surface area contributed by atoms with Crippen molar-refractivity contribution in [2.45, 2.75) is 45.7 Å². The number of alkyl halides is 3. The Hall–Kier alpha value is -2.87. The number of hydrogen-bond donors (Lipinski definition) is 1. The van der Waals surface area contributed by atoms with Crippen LogP contribution < -0.4 is 10.2 Å². The molecule has 0 bridgehead atoms. The number of nitrogens with one attached hydrogen (secondary N) is 1. The van der Waals surface area contributed by atoms with E-state index < -0.39 is 29.5 Å². The van der Waals surface area contributed by atoms with Gasteiger partial charge in [0.1, 0.15) is 0 Å². The van der Waals surface area contributed by atoms with E-state index in [2.05, 4.69) is 5.32 Å². The number of benzene rings is 2. The van der Waals surface area contributed by atoms with Crippen LogP contribution in [0, 0.1) is 25.7 Å². The average Bonchev–Trinajstić information content (AvgIpc) is 3.60. The van der Waals surface area contributed by atoms with Gasteiger partial charge in [-0.05, 0) is 81.6 Å². The molecule has 0 saturated heterocycles. The maximum atomic E-state index is 13.5. The lowest BCUT2D eigenvalue weighted by atomic mass is 9.90. The lowest BCUT2D eigenvalue weighted by Gasteiger charge is -2.30. The minimum absolute atomic E-state index is 0.0945. The van der Waals surface area contributed by atoms with Crippen molar-refractivity contribution in [3.8, 4) is 0 Å². The van der Waals surface area contributed by atoms with Gasteiger partial charge in [-0.3, -0.25) is 9.59 Å². The van der Waals surface area contributed by atoms with E-state index in [1.165, 1.54) is 0 Å². The molecule has 2 atom stereocenters. The Morgan fingerprint density at radius 2 is 1.66 bits per heavy atom. The Labute approximate surface area is 205 Å². The fourth-order valence-corrected chi connectivity index (χ4v) is 4.56. The first-order valence-corrected chi connectivity index (χ1v) is 11.8. The molecule has 2 aromatic carbocycles. The highest BCUT2D eigenvalue weighted by atomic mass is 19.4. The fourth-order valence-electron chi connectivity index (χ4n) is 4.56. The molecule has 3 rings (SSSR count). The summed E-state index contributed by atoms with van der Waals surface area (Å²) in [6.45, 7) is 5.81. The van der Waals surface area contributed by atoms with Crippen LogP contribution in [0.1, 0.15) is 47.9 Å². The zero-order chi connectivity index (χ0) is 26.1. The summed E-state index contributed by atoms with van der Waals surface area (Å²) in [4.78, 5) is 30.2. The van der Waals surface area contributed by atoms with Gasteiger partial charge in [-0.25, -0.2) is 0 Å². The van der Waals surface area contributed by atoms with Crippen molar-refractivity contribution in [1.29, 1.82) is 0 Å². The highest BCUT2D eigenvalue weighted by molar-refractivity contribution is 6.01. The van der Waals surface area contributed by atoms with Crippen LogP contribution in [0.4, 0.5) is 24.5 Å². The van der Waals surface area contributed by atoms with E-state index >= 15 is 0 Å². The summed E-state index contributed by atoms with van der Waals surface area (Å²) < 4.78 is 40.4. The standard InChI is InChI=1S/C27H34F3N3O2/c1-16-8-7-9-17(2)24(16)33(6)26(35)18(3)23(15-32(4)5)25(34)31-22-13-20(19-10-11-19)12-21(14-22)27(28,29)30/h7-9,12-14,18-19,23H,10-11,15H2,1-6H3,(H,31,34). The minimum atomic E-state index is -4.51. The number of carbonyl (C=O) groups is 2. The first-order chi connectivity index (χ1) is 16.3. The average molecular weight is 490 g/mol. The Morgan fingerprint density at radius 3 is 2.17 bits per heavy atom. The maximum Gasteiger partial charge on any atom is 0.416 e. The van der Waals surface area contributed by atoms with E-state index in [1.807, 2.05) is 32.0 Å². The number of hydrogen-bond acceptors (Lipinski definition) is 3. The van der Waals surface area contributed by atoms with Crippen LogP contribution in [0.5, 0.6) is 0 Å². The molecule has 0 radical (unpaired) electrons. The van der Waals surface area contributed by atoms with Crippen molar-refractivity contribution in [3.63, 3.8) is 0 Å². The van der Waals surface area contributed by atoms with Crippen molar-refractivity contribution < 1.29 is 22.8 Å². The Bertz CT molecular complexity index is 1070. The number of carbonyl (C=O) groups excluding carboxylic acids is 2. The van der Waals surface area contributed by atoms with Crippen molar-refractivity contribution in [2.75, 3.05) is 37.9 Å². The lowest BCUT2D eigenvalue weighted by Crippen LogP contribution is -2.44. The van der Waals surface area contributed by atoms with E-state index in [-0.39, 0.29) is 24.1 Å². The minimum Gasteiger partial charge on any atom is -0.326 e. The first-order valence-electron chi connectivity index (χ1n) is 11.8. The number of anilines is 2. The van der Waals surface area contributed by atoms with Crippen molar-refractivity contribution in [3.05, 3.63) is 58.7 Å². The highest BCUT2D eigenvalue weighted by Crippen LogP contribution is 2.43. The summed E-state index contributed by atoms with van der Waals surface area (Å²) in [5.74, 6) is -2.07. The smallest absolute Gasteiger partial charge is 0.326 e. The molecule has 0 aliphatic heterocycles. The second kappa shape index (κ2) is 10.4.